The Morgan fingerprint density at radius 1 is 1.03 bits per heavy atom. The molecule has 9 heteroatoms. The first-order valence-corrected chi connectivity index (χ1v) is 10.1. The van der Waals surface area contributed by atoms with Crippen LogP contribution in [-0.4, -0.2) is 28.9 Å². The van der Waals surface area contributed by atoms with Gasteiger partial charge in [0.2, 0.25) is 0 Å². The molecule has 1 aliphatic rings. The van der Waals surface area contributed by atoms with Crippen molar-refractivity contribution in [2.45, 2.75) is 13.8 Å². The Labute approximate surface area is 193 Å². The maximum absolute atomic E-state index is 13.1. The van der Waals surface area contributed by atoms with E-state index in [0.29, 0.717) is 17.0 Å². The number of aryl methyl sites for hydroxylation is 2. The molecular formula is C24H17ClN2O6. The van der Waals surface area contributed by atoms with Crippen LogP contribution < -0.4 is 10.2 Å². The predicted octanol–water partition coefficient (Wildman–Crippen LogP) is 4.58. The van der Waals surface area contributed by atoms with E-state index in [1.807, 2.05) is 19.9 Å². The molecule has 8 nitrogen and oxygen atoms in total. The number of furan rings is 1. The molecular weight excluding hydrogens is 448 g/mol. The van der Waals surface area contributed by atoms with Crippen LogP contribution in [-0.2, 0) is 9.59 Å². The zero-order valence-electron chi connectivity index (χ0n) is 17.5. The van der Waals surface area contributed by atoms with E-state index >= 15 is 0 Å². The Morgan fingerprint density at radius 2 is 1.73 bits per heavy atom. The highest BCUT2D eigenvalue weighted by Gasteiger charge is 2.37. The van der Waals surface area contributed by atoms with E-state index in [4.69, 9.17) is 16.0 Å². The molecule has 0 bridgehead atoms. The molecule has 0 spiro atoms. The van der Waals surface area contributed by atoms with Crippen molar-refractivity contribution < 1.29 is 28.7 Å². The number of aromatic carboxylic acids is 1. The van der Waals surface area contributed by atoms with Crippen LogP contribution in [0.2, 0.25) is 5.02 Å². The number of hydrogen-bond donors (Lipinski definition) is 2. The van der Waals surface area contributed by atoms with Gasteiger partial charge in [-0.2, -0.15) is 0 Å². The number of benzene rings is 2. The second kappa shape index (κ2) is 8.40. The number of carbonyl (C=O) groups excluding carboxylic acids is 3. The molecule has 2 N–H and O–H groups in total. The standard InChI is InChI=1S/C24H17ClN2O6/c1-12-7-13(2)9-15(8-12)27-22(29)18(21(28)26-24(27)32)11-16-4-6-20(33-16)14-3-5-19(25)17(10-14)23(30)31/h3-11H,1-2H3,(H,30,31)(H,26,28,32)/b18-11-. The fourth-order valence-electron chi connectivity index (χ4n) is 3.54. The van der Waals surface area contributed by atoms with Gasteiger partial charge >= 0.3 is 12.0 Å². The second-order valence-electron chi connectivity index (χ2n) is 7.51. The third-order valence-electron chi connectivity index (χ3n) is 4.96. The number of carboxylic acid groups (broad SMARTS) is 1. The molecule has 4 rings (SSSR count). The van der Waals surface area contributed by atoms with Gasteiger partial charge in [0.1, 0.15) is 17.1 Å². The van der Waals surface area contributed by atoms with Gasteiger partial charge in [0.05, 0.1) is 16.3 Å². The van der Waals surface area contributed by atoms with Crippen molar-refractivity contribution in [1.82, 2.24) is 5.32 Å². The first-order chi connectivity index (χ1) is 15.6. The number of nitrogens with zero attached hydrogens (tertiary/aromatic N) is 1. The largest absolute Gasteiger partial charge is 0.478 e. The minimum atomic E-state index is -1.18. The quantitative estimate of drug-likeness (QED) is 0.431. The Bertz CT molecular complexity index is 1350. The molecule has 0 aliphatic carbocycles. The van der Waals surface area contributed by atoms with E-state index in [9.17, 15) is 24.3 Å². The van der Waals surface area contributed by atoms with Crippen molar-refractivity contribution in [2.75, 3.05) is 4.90 Å². The number of carbonyl (C=O) groups is 4. The fourth-order valence-corrected chi connectivity index (χ4v) is 3.74. The average Bonchev–Trinajstić information content (AvgIpc) is 3.19. The van der Waals surface area contributed by atoms with Gasteiger partial charge in [-0.05, 0) is 73.5 Å². The van der Waals surface area contributed by atoms with Crippen LogP contribution in [0.5, 0.6) is 0 Å². The maximum atomic E-state index is 13.1. The van der Waals surface area contributed by atoms with E-state index in [1.54, 1.807) is 24.3 Å². The predicted molar refractivity (Wildman–Crippen MR) is 121 cm³/mol. The Hall–Kier alpha value is -4.17. The molecule has 0 saturated carbocycles. The molecule has 3 aromatic rings. The number of halogens is 1. The van der Waals surface area contributed by atoms with Crippen molar-refractivity contribution in [3.8, 4) is 11.3 Å². The van der Waals surface area contributed by atoms with Crippen molar-refractivity contribution >= 4 is 47.2 Å². The Kier molecular flexibility index (Phi) is 5.61. The summed E-state index contributed by atoms with van der Waals surface area (Å²) in [7, 11) is 0. The molecule has 166 valence electrons. The topological polar surface area (TPSA) is 117 Å². The summed E-state index contributed by atoms with van der Waals surface area (Å²) in [6.45, 7) is 3.67. The van der Waals surface area contributed by atoms with Gasteiger partial charge in [-0.25, -0.2) is 14.5 Å². The molecule has 33 heavy (non-hydrogen) atoms. The highest BCUT2D eigenvalue weighted by atomic mass is 35.5. The summed E-state index contributed by atoms with van der Waals surface area (Å²) in [5.74, 6) is -2.33. The minimum absolute atomic E-state index is 0.0840. The lowest BCUT2D eigenvalue weighted by Gasteiger charge is -2.26. The lowest BCUT2D eigenvalue weighted by Crippen LogP contribution is -2.54. The van der Waals surface area contributed by atoms with E-state index in [2.05, 4.69) is 5.32 Å². The average molecular weight is 465 g/mol. The van der Waals surface area contributed by atoms with Crippen LogP contribution in [0.3, 0.4) is 0 Å². The maximum Gasteiger partial charge on any atom is 0.337 e. The lowest BCUT2D eigenvalue weighted by molar-refractivity contribution is -0.122. The van der Waals surface area contributed by atoms with E-state index in [-0.39, 0.29) is 21.9 Å². The molecule has 0 unspecified atom stereocenters. The van der Waals surface area contributed by atoms with Crippen molar-refractivity contribution in [3.05, 3.63) is 81.6 Å². The van der Waals surface area contributed by atoms with Crippen molar-refractivity contribution in [1.29, 1.82) is 0 Å². The summed E-state index contributed by atoms with van der Waals surface area (Å²) in [4.78, 5) is 50.1. The second-order valence-corrected chi connectivity index (χ2v) is 7.91. The number of anilines is 1. The van der Waals surface area contributed by atoms with Gasteiger partial charge in [-0.1, -0.05) is 17.7 Å². The van der Waals surface area contributed by atoms with Gasteiger partial charge in [-0.3, -0.25) is 14.9 Å². The molecule has 2 heterocycles. The third kappa shape index (κ3) is 4.28. The normalized spacial score (nSPS) is 15.2. The van der Waals surface area contributed by atoms with Crippen LogP contribution in [0, 0.1) is 13.8 Å². The number of barbiturate groups is 1. The van der Waals surface area contributed by atoms with Gasteiger partial charge in [0.25, 0.3) is 11.8 Å². The summed E-state index contributed by atoms with van der Waals surface area (Å²) in [6.07, 6.45) is 1.23. The number of rotatable bonds is 4. The number of hydrogen-bond acceptors (Lipinski definition) is 5. The zero-order chi connectivity index (χ0) is 23.9. The van der Waals surface area contributed by atoms with Gasteiger partial charge in [0, 0.05) is 5.56 Å². The number of carboxylic acids is 1. The Morgan fingerprint density at radius 3 is 2.39 bits per heavy atom. The van der Waals surface area contributed by atoms with E-state index in [0.717, 1.165) is 16.0 Å². The molecule has 2 aromatic carbocycles. The molecule has 0 atom stereocenters. The molecule has 0 radical (unpaired) electrons. The zero-order valence-corrected chi connectivity index (χ0v) is 18.3. The monoisotopic (exact) mass is 464 g/mol. The van der Waals surface area contributed by atoms with Gasteiger partial charge < -0.3 is 9.52 Å². The van der Waals surface area contributed by atoms with E-state index in [1.165, 1.54) is 24.3 Å². The summed E-state index contributed by atoms with van der Waals surface area (Å²) >= 11 is 5.91. The molecule has 1 fully saturated rings. The molecule has 1 aliphatic heterocycles. The summed E-state index contributed by atoms with van der Waals surface area (Å²) < 4.78 is 5.70. The van der Waals surface area contributed by atoms with Crippen LogP contribution in [0.25, 0.3) is 17.4 Å². The van der Waals surface area contributed by atoms with Gasteiger partial charge in [-0.15, -0.1) is 0 Å². The van der Waals surface area contributed by atoms with Crippen molar-refractivity contribution in [2.24, 2.45) is 0 Å². The molecule has 4 amide bonds. The number of nitrogens with one attached hydrogen (secondary N) is 1. The SMILES string of the molecule is Cc1cc(C)cc(N2C(=O)NC(=O)/C(=C/c3ccc(-c4ccc(Cl)c(C(=O)O)c4)o3)C2=O)c1. The van der Waals surface area contributed by atoms with Crippen LogP contribution in [0.4, 0.5) is 10.5 Å². The fraction of sp³-hybridized carbons (Fsp3) is 0.0833. The number of amides is 4. The minimum Gasteiger partial charge on any atom is -0.478 e. The van der Waals surface area contributed by atoms with Crippen LogP contribution >= 0.6 is 11.6 Å². The smallest absolute Gasteiger partial charge is 0.337 e. The highest BCUT2D eigenvalue weighted by molar-refractivity contribution is 6.39. The highest BCUT2D eigenvalue weighted by Crippen LogP contribution is 2.29. The molecule has 1 saturated heterocycles. The summed E-state index contributed by atoms with van der Waals surface area (Å²) in [6, 6.07) is 11.9. The molecule has 1 aromatic heterocycles. The summed E-state index contributed by atoms with van der Waals surface area (Å²) in [5, 5.41) is 11.5. The first-order valence-electron chi connectivity index (χ1n) is 9.77. The number of urea groups is 1. The summed E-state index contributed by atoms with van der Waals surface area (Å²) in [5.41, 5.74) is 2.13. The number of imide groups is 2. The van der Waals surface area contributed by atoms with Crippen LogP contribution in [0.15, 0.2) is 58.5 Å². The van der Waals surface area contributed by atoms with Gasteiger partial charge in [0.15, 0.2) is 0 Å². The van der Waals surface area contributed by atoms with Crippen molar-refractivity contribution in [3.63, 3.8) is 0 Å². The van der Waals surface area contributed by atoms with Crippen LogP contribution in [0.1, 0.15) is 27.2 Å². The lowest BCUT2D eigenvalue weighted by atomic mass is 10.1. The van der Waals surface area contributed by atoms with E-state index < -0.39 is 23.8 Å². The third-order valence-corrected chi connectivity index (χ3v) is 5.29. The Balaban J connectivity index is 1.69. The first kappa shape index (κ1) is 22.0.